The summed E-state index contributed by atoms with van der Waals surface area (Å²) < 4.78 is 0. The summed E-state index contributed by atoms with van der Waals surface area (Å²) in [7, 11) is 0. The SMILES string of the molecule is CCN1C(=O)N(c2ccc(-c3ccccc3C#N)cc2)C(=O)C12CCN(Cc1ccc(N3CCCC3)cc1)CC2. The van der Waals surface area contributed by atoms with Gasteiger partial charge in [0.05, 0.1) is 17.3 Å². The molecule has 0 N–H and O–H groups in total. The van der Waals surface area contributed by atoms with E-state index in [1.165, 1.54) is 29.0 Å². The fourth-order valence-corrected chi connectivity index (χ4v) is 6.61. The lowest BCUT2D eigenvalue weighted by atomic mass is 9.85. The molecule has 0 bridgehead atoms. The molecule has 0 aliphatic carbocycles. The highest BCUT2D eigenvalue weighted by atomic mass is 16.2. The topological polar surface area (TPSA) is 70.9 Å². The molecule has 1 spiro atoms. The highest BCUT2D eigenvalue weighted by molar-refractivity contribution is 6.23. The van der Waals surface area contributed by atoms with Crippen molar-refractivity contribution >= 4 is 23.3 Å². The lowest BCUT2D eigenvalue weighted by Gasteiger charge is -2.41. The van der Waals surface area contributed by atoms with Crippen molar-refractivity contribution in [2.45, 2.75) is 44.7 Å². The Morgan fingerprint density at radius 3 is 2.12 bits per heavy atom. The van der Waals surface area contributed by atoms with E-state index in [0.29, 0.717) is 30.6 Å². The highest BCUT2D eigenvalue weighted by Crippen LogP contribution is 2.40. The van der Waals surface area contributed by atoms with Crippen LogP contribution in [0.4, 0.5) is 16.2 Å². The van der Waals surface area contributed by atoms with E-state index < -0.39 is 5.54 Å². The van der Waals surface area contributed by atoms with Crippen molar-refractivity contribution in [1.82, 2.24) is 9.80 Å². The molecule has 40 heavy (non-hydrogen) atoms. The van der Waals surface area contributed by atoms with Gasteiger partial charge >= 0.3 is 6.03 Å². The largest absolute Gasteiger partial charge is 0.372 e. The normalized spacial score (nSPS) is 19.1. The number of likely N-dealkylation sites (N-methyl/N-ethyl adjacent to an activating group) is 1. The number of imide groups is 1. The van der Waals surface area contributed by atoms with E-state index in [-0.39, 0.29) is 11.9 Å². The monoisotopic (exact) mass is 533 g/mol. The molecular weight excluding hydrogens is 498 g/mol. The Hall–Kier alpha value is -4.15. The molecule has 6 rings (SSSR count). The lowest BCUT2D eigenvalue weighted by molar-refractivity contribution is -0.127. The molecule has 0 unspecified atom stereocenters. The fourth-order valence-electron chi connectivity index (χ4n) is 6.61. The Morgan fingerprint density at radius 2 is 1.48 bits per heavy atom. The van der Waals surface area contributed by atoms with Gasteiger partial charge in [0.1, 0.15) is 5.54 Å². The number of hydrogen-bond acceptors (Lipinski definition) is 5. The minimum atomic E-state index is -0.798. The van der Waals surface area contributed by atoms with E-state index in [9.17, 15) is 14.9 Å². The molecule has 3 aromatic carbocycles. The molecule has 3 heterocycles. The summed E-state index contributed by atoms with van der Waals surface area (Å²) in [5.41, 5.74) is 4.66. The van der Waals surface area contributed by atoms with Gasteiger partial charge in [-0.2, -0.15) is 5.26 Å². The van der Waals surface area contributed by atoms with Crippen LogP contribution in [0.5, 0.6) is 0 Å². The van der Waals surface area contributed by atoms with E-state index in [1.54, 1.807) is 11.0 Å². The van der Waals surface area contributed by atoms with Crippen molar-refractivity contribution in [3.8, 4) is 17.2 Å². The van der Waals surface area contributed by atoms with Gasteiger partial charge in [-0.1, -0.05) is 42.5 Å². The quantitative estimate of drug-likeness (QED) is 0.383. The van der Waals surface area contributed by atoms with E-state index in [1.807, 2.05) is 49.4 Å². The van der Waals surface area contributed by atoms with Crippen LogP contribution in [-0.4, -0.2) is 60.0 Å². The summed E-state index contributed by atoms with van der Waals surface area (Å²) >= 11 is 0. The van der Waals surface area contributed by atoms with Gasteiger partial charge < -0.3 is 9.80 Å². The second-order valence-corrected chi connectivity index (χ2v) is 11.0. The number of nitrogens with zero attached hydrogens (tertiary/aromatic N) is 5. The number of anilines is 2. The van der Waals surface area contributed by atoms with Crippen molar-refractivity contribution in [3.63, 3.8) is 0 Å². The van der Waals surface area contributed by atoms with Gasteiger partial charge in [-0.15, -0.1) is 0 Å². The molecule has 204 valence electrons. The van der Waals surface area contributed by atoms with Gasteiger partial charge in [0.25, 0.3) is 5.91 Å². The number of rotatable bonds is 6. The molecule has 3 amide bonds. The summed E-state index contributed by atoms with van der Waals surface area (Å²) in [4.78, 5) is 35.5. The van der Waals surface area contributed by atoms with Crippen LogP contribution >= 0.6 is 0 Å². The van der Waals surface area contributed by atoms with Crippen LogP contribution in [0.3, 0.4) is 0 Å². The molecule has 3 aliphatic heterocycles. The van der Waals surface area contributed by atoms with Crippen molar-refractivity contribution < 1.29 is 9.59 Å². The predicted molar refractivity (Wildman–Crippen MR) is 157 cm³/mol. The zero-order valence-corrected chi connectivity index (χ0v) is 23.1. The Labute approximate surface area is 236 Å². The minimum Gasteiger partial charge on any atom is -0.372 e. The maximum Gasteiger partial charge on any atom is 0.332 e. The molecule has 3 aromatic rings. The molecule has 0 radical (unpaired) electrons. The number of piperidine rings is 1. The number of hydrogen-bond donors (Lipinski definition) is 0. The maximum absolute atomic E-state index is 13.9. The number of carbonyl (C=O) groups excluding carboxylic acids is 2. The van der Waals surface area contributed by atoms with Crippen molar-refractivity contribution in [2.75, 3.05) is 42.5 Å². The van der Waals surface area contributed by atoms with Crippen LogP contribution in [0.2, 0.25) is 0 Å². The van der Waals surface area contributed by atoms with Crippen LogP contribution in [0, 0.1) is 11.3 Å². The van der Waals surface area contributed by atoms with Crippen LogP contribution in [-0.2, 0) is 11.3 Å². The number of benzene rings is 3. The summed E-state index contributed by atoms with van der Waals surface area (Å²) in [6, 6.07) is 25.7. The third-order valence-electron chi connectivity index (χ3n) is 8.84. The molecule has 3 aliphatic rings. The first kappa shape index (κ1) is 26.1. The second kappa shape index (κ2) is 10.8. The first-order chi connectivity index (χ1) is 19.5. The summed E-state index contributed by atoms with van der Waals surface area (Å²) in [5.74, 6) is -0.126. The van der Waals surface area contributed by atoms with Crippen LogP contribution in [0.1, 0.15) is 43.7 Å². The van der Waals surface area contributed by atoms with Gasteiger partial charge in [0, 0.05) is 45.0 Å². The van der Waals surface area contributed by atoms with E-state index in [0.717, 1.165) is 43.9 Å². The van der Waals surface area contributed by atoms with Gasteiger partial charge in [0.2, 0.25) is 0 Å². The highest BCUT2D eigenvalue weighted by Gasteiger charge is 2.57. The Bertz CT molecular complexity index is 1430. The first-order valence-electron chi connectivity index (χ1n) is 14.4. The van der Waals surface area contributed by atoms with Crippen molar-refractivity contribution in [3.05, 3.63) is 83.9 Å². The maximum atomic E-state index is 13.9. The van der Waals surface area contributed by atoms with Crippen LogP contribution < -0.4 is 9.80 Å². The number of urea groups is 1. The average Bonchev–Trinajstić information content (AvgIpc) is 3.60. The summed E-state index contributed by atoms with van der Waals surface area (Å²) in [5, 5.41) is 9.47. The Balaban J connectivity index is 1.15. The van der Waals surface area contributed by atoms with Gasteiger partial charge in [-0.05, 0) is 79.6 Å². The fraction of sp³-hybridized carbons (Fsp3) is 0.364. The standard InChI is InChI=1S/C33H35N5O2/c1-2-37-32(40)38(29-15-11-26(12-16-29)30-8-4-3-7-27(30)23-34)31(39)33(37)17-21-35(22-18-33)24-25-9-13-28(14-10-25)36-19-5-6-20-36/h3-4,7-16H,2,5-6,17-22,24H2,1H3. The molecular formula is C33H35N5O2. The van der Waals surface area contributed by atoms with Crippen LogP contribution in [0.25, 0.3) is 11.1 Å². The molecule has 7 nitrogen and oxygen atoms in total. The lowest BCUT2D eigenvalue weighted by Crippen LogP contribution is -2.56. The zero-order chi connectivity index (χ0) is 27.7. The number of amides is 3. The van der Waals surface area contributed by atoms with Gasteiger partial charge in [-0.25, -0.2) is 9.69 Å². The Kier molecular flexibility index (Phi) is 7.03. The molecule has 0 saturated carbocycles. The summed E-state index contributed by atoms with van der Waals surface area (Å²) in [6.07, 6.45) is 3.79. The van der Waals surface area contributed by atoms with E-state index in [4.69, 9.17) is 0 Å². The average molecular weight is 534 g/mol. The second-order valence-electron chi connectivity index (χ2n) is 11.0. The minimum absolute atomic E-state index is 0.126. The predicted octanol–water partition coefficient (Wildman–Crippen LogP) is 5.65. The molecule has 0 atom stereocenters. The van der Waals surface area contributed by atoms with Gasteiger partial charge in [0.15, 0.2) is 0 Å². The number of nitriles is 1. The van der Waals surface area contributed by atoms with E-state index >= 15 is 0 Å². The number of carbonyl (C=O) groups is 2. The van der Waals surface area contributed by atoms with Crippen molar-refractivity contribution in [1.29, 1.82) is 5.26 Å². The summed E-state index contributed by atoms with van der Waals surface area (Å²) in [6.45, 7) is 7.11. The molecule has 3 saturated heterocycles. The van der Waals surface area contributed by atoms with Crippen molar-refractivity contribution in [2.24, 2.45) is 0 Å². The van der Waals surface area contributed by atoms with E-state index in [2.05, 4.69) is 40.1 Å². The van der Waals surface area contributed by atoms with Gasteiger partial charge in [-0.3, -0.25) is 9.69 Å². The molecule has 0 aromatic heterocycles. The third-order valence-corrected chi connectivity index (χ3v) is 8.84. The number of likely N-dealkylation sites (tertiary alicyclic amines) is 1. The smallest absolute Gasteiger partial charge is 0.332 e. The molecule has 3 fully saturated rings. The molecule has 7 heteroatoms. The third kappa shape index (κ3) is 4.52. The van der Waals surface area contributed by atoms with Crippen LogP contribution in [0.15, 0.2) is 72.8 Å². The first-order valence-corrected chi connectivity index (χ1v) is 14.4. The zero-order valence-electron chi connectivity index (χ0n) is 23.1. The Morgan fingerprint density at radius 1 is 0.825 bits per heavy atom.